The van der Waals surface area contributed by atoms with Gasteiger partial charge in [-0.1, -0.05) is 42.5 Å². The molecule has 1 aliphatic rings. The van der Waals surface area contributed by atoms with Crippen molar-refractivity contribution in [1.29, 1.82) is 0 Å². The van der Waals surface area contributed by atoms with Crippen LogP contribution in [0.2, 0.25) is 0 Å². The van der Waals surface area contributed by atoms with E-state index < -0.39 is 0 Å². The summed E-state index contributed by atoms with van der Waals surface area (Å²) in [5.41, 5.74) is 1.40. The van der Waals surface area contributed by atoms with E-state index in [1.165, 1.54) is 16.3 Å². The van der Waals surface area contributed by atoms with Crippen molar-refractivity contribution in [3.05, 3.63) is 59.7 Å². The monoisotopic (exact) mass is 533 g/mol. The summed E-state index contributed by atoms with van der Waals surface area (Å²) in [5.74, 6) is 2.76. The lowest BCUT2D eigenvalue weighted by Crippen LogP contribution is -2.52. The van der Waals surface area contributed by atoms with Crippen molar-refractivity contribution in [1.82, 2.24) is 29.9 Å². The Morgan fingerprint density at radius 3 is 2.48 bits per heavy atom. The first-order chi connectivity index (χ1) is 14.7. The van der Waals surface area contributed by atoms with Crippen LogP contribution in [-0.4, -0.2) is 63.2 Å². The lowest BCUT2D eigenvalue weighted by Gasteiger charge is -2.36. The Labute approximate surface area is 201 Å². The molecule has 0 bridgehead atoms. The van der Waals surface area contributed by atoms with Crippen molar-refractivity contribution >= 4 is 40.7 Å². The van der Waals surface area contributed by atoms with Gasteiger partial charge in [0, 0.05) is 46.3 Å². The third-order valence-corrected chi connectivity index (χ3v) is 5.83. The minimum atomic E-state index is 0. The number of fused-ring (bicyclic) bond motifs is 1. The van der Waals surface area contributed by atoms with E-state index in [-0.39, 0.29) is 24.0 Å². The van der Waals surface area contributed by atoms with Crippen LogP contribution in [0.5, 0.6) is 0 Å². The Morgan fingerprint density at radius 2 is 1.77 bits per heavy atom. The molecule has 0 saturated carbocycles. The molecule has 1 fully saturated rings. The molecule has 0 atom stereocenters. The minimum absolute atomic E-state index is 0. The molecule has 2 aromatic carbocycles. The molecule has 2 heterocycles. The molecule has 1 saturated heterocycles. The van der Waals surface area contributed by atoms with E-state index >= 15 is 0 Å². The Bertz CT molecular complexity index is 1020. The number of nitrogens with one attached hydrogen (secondary N) is 1. The molecule has 4 rings (SSSR count). The smallest absolute Gasteiger partial charge is 0.194 e. The van der Waals surface area contributed by atoms with E-state index in [4.69, 9.17) is 4.99 Å². The molecule has 31 heavy (non-hydrogen) atoms. The minimum Gasteiger partial charge on any atom is -0.357 e. The number of guanidine groups is 1. The quantitative estimate of drug-likeness (QED) is 0.310. The number of aliphatic imine (C=N–C) groups is 1. The Hall–Kier alpha value is -2.20. The number of piperazine rings is 1. The molecule has 0 spiro atoms. The van der Waals surface area contributed by atoms with Crippen LogP contribution in [-0.2, 0) is 20.1 Å². The molecule has 166 valence electrons. The highest BCUT2D eigenvalue weighted by Gasteiger charge is 2.20. The second kappa shape index (κ2) is 10.9. The number of benzene rings is 2. The van der Waals surface area contributed by atoms with E-state index in [9.17, 15) is 0 Å². The van der Waals surface area contributed by atoms with Gasteiger partial charge in [-0.3, -0.25) is 4.90 Å². The summed E-state index contributed by atoms with van der Waals surface area (Å²) in [4.78, 5) is 9.71. The van der Waals surface area contributed by atoms with Crippen LogP contribution >= 0.6 is 24.0 Å². The van der Waals surface area contributed by atoms with Crippen molar-refractivity contribution in [3.63, 3.8) is 0 Å². The van der Waals surface area contributed by atoms with Crippen LogP contribution in [0.4, 0.5) is 0 Å². The predicted molar refractivity (Wildman–Crippen MR) is 137 cm³/mol. The first kappa shape index (κ1) is 23.5. The summed E-state index contributed by atoms with van der Waals surface area (Å²) in [6, 6.07) is 15.3. The van der Waals surface area contributed by atoms with Crippen LogP contribution < -0.4 is 5.32 Å². The summed E-state index contributed by atoms with van der Waals surface area (Å²) in [6.45, 7) is 10.4. The first-order valence-electron chi connectivity index (χ1n) is 10.7. The standard InChI is InChI=1S/C23H31N7.HI/c1-4-24-23(25-16-22-27-26-18(2)28(22)3)30-14-12-29(13-15-30)17-20-10-7-9-19-8-5-6-11-21(19)20;/h5-11H,4,12-17H2,1-3H3,(H,24,25);1H. The number of halogens is 1. The number of nitrogens with zero attached hydrogens (tertiary/aromatic N) is 6. The molecular weight excluding hydrogens is 501 g/mol. The highest BCUT2D eigenvalue weighted by Crippen LogP contribution is 2.20. The Balaban J connectivity index is 0.00000272. The predicted octanol–water partition coefficient (Wildman–Crippen LogP) is 3.18. The summed E-state index contributed by atoms with van der Waals surface area (Å²) >= 11 is 0. The van der Waals surface area contributed by atoms with Crippen molar-refractivity contribution < 1.29 is 0 Å². The lowest BCUT2D eigenvalue weighted by atomic mass is 10.0. The van der Waals surface area contributed by atoms with Gasteiger partial charge in [-0.25, -0.2) is 4.99 Å². The average Bonchev–Trinajstić information content (AvgIpc) is 3.10. The summed E-state index contributed by atoms with van der Waals surface area (Å²) in [7, 11) is 1.99. The molecule has 8 heteroatoms. The van der Waals surface area contributed by atoms with Gasteiger partial charge in [0.05, 0.1) is 0 Å². The Kier molecular flexibility index (Phi) is 8.25. The SMILES string of the molecule is CCNC(=NCc1nnc(C)n1C)N1CCN(Cc2cccc3ccccc23)CC1.I. The molecule has 1 N–H and O–H groups in total. The molecule has 0 amide bonds. The summed E-state index contributed by atoms with van der Waals surface area (Å²) < 4.78 is 2.00. The number of hydrogen-bond acceptors (Lipinski definition) is 4. The van der Waals surface area contributed by atoms with Crippen molar-refractivity contribution in [3.8, 4) is 0 Å². The van der Waals surface area contributed by atoms with Gasteiger partial charge in [-0.15, -0.1) is 34.2 Å². The van der Waals surface area contributed by atoms with Crippen LogP contribution in [0.1, 0.15) is 24.1 Å². The largest absolute Gasteiger partial charge is 0.357 e. The van der Waals surface area contributed by atoms with E-state index in [1.54, 1.807) is 0 Å². The normalized spacial score (nSPS) is 15.2. The topological polar surface area (TPSA) is 61.6 Å². The molecular formula is C23H32IN7. The fraction of sp³-hybridized carbons (Fsp3) is 0.435. The molecule has 0 radical (unpaired) electrons. The number of hydrogen-bond donors (Lipinski definition) is 1. The van der Waals surface area contributed by atoms with E-state index in [0.29, 0.717) is 6.54 Å². The lowest BCUT2D eigenvalue weighted by molar-refractivity contribution is 0.173. The third kappa shape index (κ3) is 5.54. The molecule has 0 unspecified atom stereocenters. The number of aromatic nitrogens is 3. The van der Waals surface area contributed by atoms with Crippen LogP contribution in [0.25, 0.3) is 10.8 Å². The summed E-state index contributed by atoms with van der Waals surface area (Å²) in [5, 5.41) is 14.5. The van der Waals surface area contributed by atoms with Crippen LogP contribution in [0.3, 0.4) is 0 Å². The van der Waals surface area contributed by atoms with Gasteiger partial charge >= 0.3 is 0 Å². The first-order valence-corrected chi connectivity index (χ1v) is 10.7. The van der Waals surface area contributed by atoms with Crippen LogP contribution in [0.15, 0.2) is 47.5 Å². The van der Waals surface area contributed by atoms with Gasteiger partial charge in [-0.05, 0) is 30.2 Å². The van der Waals surface area contributed by atoms with Crippen molar-refractivity contribution in [2.45, 2.75) is 26.9 Å². The van der Waals surface area contributed by atoms with Gasteiger partial charge < -0.3 is 14.8 Å². The highest BCUT2D eigenvalue weighted by atomic mass is 127. The maximum Gasteiger partial charge on any atom is 0.194 e. The van der Waals surface area contributed by atoms with Gasteiger partial charge in [0.2, 0.25) is 0 Å². The van der Waals surface area contributed by atoms with Gasteiger partial charge in [0.25, 0.3) is 0 Å². The Morgan fingerprint density at radius 1 is 1.03 bits per heavy atom. The second-order valence-corrected chi connectivity index (χ2v) is 7.79. The van der Waals surface area contributed by atoms with Crippen LogP contribution in [0, 0.1) is 6.92 Å². The van der Waals surface area contributed by atoms with Crippen molar-refractivity contribution in [2.75, 3.05) is 32.7 Å². The molecule has 1 aromatic heterocycles. The number of rotatable bonds is 5. The number of aryl methyl sites for hydroxylation is 1. The summed E-state index contributed by atoms with van der Waals surface area (Å²) in [6.07, 6.45) is 0. The second-order valence-electron chi connectivity index (χ2n) is 7.79. The molecule has 3 aromatic rings. The fourth-order valence-electron chi connectivity index (χ4n) is 3.95. The molecule has 0 aliphatic carbocycles. The third-order valence-electron chi connectivity index (χ3n) is 5.83. The van der Waals surface area contributed by atoms with E-state index in [2.05, 4.69) is 74.7 Å². The fourth-order valence-corrected chi connectivity index (χ4v) is 3.95. The zero-order valence-corrected chi connectivity index (χ0v) is 20.9. The van der Waals surface area contributed by atoms with E-state index in [0.717, 1.165) is 56.9 Å². The highest BCUT2D eigenvalue weighted by molar-refractivity contribution is 14.0. The average molecular weight is 533 g/mol. The zero-order valence-electron chi connectivity index (χ0n) is 18.6. The van der Waals surface area contributed by atoms with Gasteiger partial charge in [-0.2, -0.15) is 0 Å². The molecule has 1 aliphatic heterocycles. The molecule has 7 nitrogen and oxygen atoms in total. The van der Waals surface area contributed by atoms with Gasteiger partial charge in [0.1, 0.15) is 12.4 Å². The zero-order chi connectivity index (χ0) is 20.9. The van der Waals surface area contributed by atoms with Crippen molar-refractivity contribution in [2.24, 2.45) is 12.0 Å². The maximum atomic E-state index is 4.82. The maximum absolute atomic E-state index is 4.82. The van der Waals surface area contributed by atoms with Gasteiger partial charge in [0.15, 0.2) is 11.8 Å². The van der Waals surface area contributed by atoms with E-state index in [1.807, 2.05) is 18.5 Å².